The van der Waals surface area contributed by atoms with Crippen molar-refractivity contribution in [1.29, 1.82) is 0 Å². The van der Waals surface area contributed by atoms with Crippen LogP contribution < -0.4 is 4.74 Å². The van der Waals surface area contributed by atoms with Gasteiger partial charge in [0.1, 0.15) is 5.75 Å². The lowest BCUT2D eigenvalue weighted by Gasteiger charge is -2.26. The van der Waals surface area contributed by atoms with Crippen molar-refractivity contribution >= 4 is 12.0 Å². The molecular weight excluding hydrogens is 250 g/mol. The molecular formula is C17H23NO2. The molecule has 0 heterocycles. The minimum atomic E-state index is 0.102. The van der Waals surface area contributed by atoms with Crippen LogP contribution in [0.2, 0.25) is 0 Å². The highest BCUT2D eigenvalue weighted by atomic mass is 16.5. The van der Waals surface area contributed by atoms with Crippen LogP contribution in [-0.2, 0) is 4.79 Å². The Balaban J connectivity index is 2.07. The molecule has 1 aliphatic rings. The Morgan fingerprint density at radius 3 is 2.70 bits per heavy atom. The van der Waals surface area contributed by atoms with Crippen LogP contribution in [0.4, 0.5) is 0 Å². The Kier molecular flexibility index (Phi) is 5.22. The number of nitrogens with zero attached hydrogens (tertiary/aromatic N) is 1. The lowest BCUT2D eigenvalue weighted by Crippen LogP contribution is -2.37. The first-order valence-electron chi connectivity index (χ1n) is 7.38. The minimum Gasteiger partial charge on any atom is -0.496 e. The molecule has 2 rings (SSSR count). The predicted molar refractivity (Wildman–Crippen MR) is 81.7 cm³/mol. The molecule has 0 N–H and O–H groups in total. The predicted octanol–water partition coefficient (Wildman–Crippen LogP) is 3.50. The SMILES string of the molecule is CCN(C(=O)/C=C/c1ccccc1OC)C1CCCC1. The van der Waals surface area contributed by atoms with Crippen LogP contribution in [0.5, 0.6) is 5.75 Å². The maximum Gasteiger partial charge on any atom is 0.246 e. The van der Waals surface area contributed by atoms with E-state index in [1.165, 1.54) is 12.8 Å². The molecule has 0 atom stereocenters. The number of ether oxygens (including phenoxy) is 1. The summed E-state index contributed by atoms with van der Waals surface area (Å²) in [6, 6.07) is 8.15. The highest BCUT2D eigenvalue weighted by molar-refractivity contribution is 5.92. The van der Waals surface area contributed by atoms with Crippen LogP contribution in [0.3, 0.4) is 0 Å². The molecule has 1 aliphatic carbocycles. The molecule has 1 fully saturated rings. The average Bonchev–Trinajstić information content (AvgIpc) is 3.00. The number of hydrogen-bond donors (Lipinski definition) is 0. The molecule has 20 heavy (non-hydrogen) atoms. The Morgan fingerprint density at radius 1 is 1.35 bits per heavy atom. The van der Waals surface area contributed by atoms with Gasteiger partial charge >= 0.3 is 0 Å². The number of rotatable bonds is 5. The number of carbonyl (C=O) groups excluding carboxylic acids is 1. The molecule has 0 saturated heterocycles. The number of para-hydroxylation sites is 1. The molecule has 0 aromatic heterocycles. The molecule has 3 nitrogen and oxygen atoms in total. The van der Waals surface area contributed by atoms with Gasteiger partial charge < -0.3 is 9.64 Å². The Labute approximate surface area is 121 Å². The Hall–Kier alpha value is -1.77. The maximum absolute atomic E-state index is 12.3. The molecule has 1 aromatic rings. The lowest BCUT2D eigenvalue weighted by atomic mass is 10.1. The lowest BCUT2D eigenvalue weighted by molar-refractivity contribution is -0.127. The molecule has 0 spiro atoms. The van der Waals surface area contributed by atoms with Gasteiger partial charge in [0, 0.05) is 24.2 Å². The van der Waals surface area contributed by atoms with E-state index in [0.29, 0.717) is 6.04 Å². The van der Waals surface area contributed by atoms with E-state index < -0.39 is 0 Å². The van der Waals surface area contributed by atoms with Gasteiger partial charge in [0.05, 0.1) is 7.11 Å². The van der Waals surface area contributed by atoms with Gasteiger partial charge in [0.2, 0.25) is 5.91 Å². The third kappa shape index (κ3) is 3.41. The van der Waals surface area contributed by atoms with Crippen molar-refractivity contribution in [3.8, 4) is 5.75 Å². The molecule has 1 aromatic carbocycles. The Morgan fingerprint density at radius 2 is 2.05 bits per heavy atom. The summed E-state index contributed by atoms with van der Waals surface area (Å²) in [5.41, 5.74) is 0.936. The first kappa shape index (κ1) is 14.6. The van der Waals surface area contributed by atoms with E-state index in [1.54, 1.807) is 13.2 Å². The second-order valence-electron chi connectivity index (χ2n) is 5.14. The largest absolute Gasteiger partial charge is 0.496 e. The second-order valence-corrected chi connectivity index (χ2v) is 5.14. The Bertz CT molecular complexity index is 476. The van der Waals surface area contributed by atoms with E-state index in [4.69, 9.17) is 4.74 Å². The summed E-state index contributed by atoms with van der Waals surface area (Å²) in [5.74, 6) is 0.894. The van der Waals surface area contributed by atoms with Crippen LogP contribution >= 0.6 is 0 Å². The summed E-state index contributed by atoms with van der Waals surface area (Å²) in [6.07, 6.45) is 8.28. The van der Waals surface area contributed by atoms with Crippen molar-refractivity contribution in [3.63, 3.8) is 0 Å². The van der Waals surface area contributed by atoms with Crippen molar-refractivity contribution in [2.24, 2.45) is 0 Å². The fraction of sp³-hybridized carbons (Fsp3) is 0.471. The van der Waals surface area contributed by atoms with E-state index in [0.717, 1.165) is 30.7 Å². The number of carbonyl (C=O) groups is 1. The van der Waals surface area contributed by atoms with Gasteiger partial charge in [-0.05, 0) is 31.9 Å². The van der Waals surface area contributed by atoms with Crippen molar-refractivity contribution in [3.05, 3.63) is 35.9 Å². The highest BCUT2D eigenvalue weighted by Crippen LogP contribution is 2.24. The summed E-state index contributed by atoms with van der Waals surface area (Å²) in [4.78, 5) is 14.3. The number of benzene rings is 1. The zero-order chi connectivity index (χ0) is 14.4. The number of likely N-dealkylation sites (N-methyl/N-ethyl adjacent to an activating group) is 1. The van der Waals surface area contributed by atoms with E-state index in [1.807, 2.05) is 42.2 Å². The van der Waals surface area contributed by atoms with E-state index in [9.17, 15) is 4.79 Å². The fourth-order valence-electron chi connectivity index (χ4n) is 2.87. The summed E-state index contributed by atoms with van der Waals surface area (Å²) in [7, 11) is 1.64. The van der Waals surface area contributed by atoms with Gasteiger partial charge in [0.15, 0.2) is 0 Å². The molecule has 0 unspecified atom stereocenters. The first-order chi connectivity index (χ1) is 9.76. The van der Waals surface area contributed by atoms with Gasteiger partial charge in [-0.1, -0.05) is 31.0 Å². The quantitative estimate of drug-likeness (QED) is 0.768. The van der Waals surface area contributed by atoms with Crippen molar-refractivity contribution in [2.75, 3.05) is 13.7 Å². The van der Waals surface area contributed by atoms with Crippen LogP contribution in [0, 0.1) is 0 Å². The summed E-state index contributed by atoms with van der Waals surface area (Å²) in [6.45, 7) is 2.83. The molecule has 0 bridgehead atoms. The molecule has 0 aliphatic heterocycles. The monoisotopic (exact) mass is 273 g/mol. The molecule has 0 radical (unpaired) electrons. The summed E-state index contributed by atoms with van der Waals surface area (Å²) >= 11 is 0. The standard InChI is InChI=1S/C17H23NO2/c1-3-18(15-9-5-6-10-15)17(19)13-12-14-8-4-7-11-16(14)20-2/h4,7-8,11-13,15H,3,5-6,9-10H2,1-2H3/b13-12+. The van der Waals surface area contributed by atoms with Crippen LogP contribution in [0.25, 0.3) is 6.08 Å². The fourth-order valence-corrected chi connectivity index (χ4v) is 2.87. The molecule has 3 heteroatoms. The maximum atomic E-state index is 12.3. The van der Waals surface area contributed by atoms with Gasteiger partial charge in [0.25, 0.3) is 0 Å². The molecule has 1 amide bonds. The highest BCUT2D eigenvalue weighted by Gasteiger charge is 2.23. The van der Waals surface area contributed by atoms with Gasteiger partial charge in [-0.3, -0.25) is 4.79 Å². The molecule has 108 valence electrons. The number of methoxy groups -OCH3 is 1. The topological polar surface area (TPSA) is 29.5 Å². The molecule has 1 saturated carbocycles. The smallest absolute Gasteiger partial charge is 0.246 e. The minimum absolute atomic E-state index is 0.102. The van der Waals surface area contributed by atoms with Crippen LogP contribution in [0.1, 0.15) is 38.2 Å². The summed E-state index contributed by atoms with van der Waals surface area (Å²) < 4.78 is 5.29. The van der Waals surface area contributed by atoms with E-state index in [2.05, 4.69) is 0 Å². The summed E-state index contributed by atoms with van der Waals surface area (Å²) in [5, 5.41) is 0. The van der Waals surface area contributed by atoms with Gasteiger partial charge in [-0.25, -0.2) is 0 Å². The van der Waals surface area contributed by atoms with E-state index >= 15 is 0 Å². The first-order valence-corrected chi connectivity index (χ1v) is 7.38. The normalized spacial score (nSPS) is 15.7. The zero-order valence-electron chi connectivity index (χ0n) is 12.3. The number of amides is 1. The van der Waals surface area contributed by atoms with Crippen LogP contribution in [-0.4, -0.2) is 30.5 Å². The van der Waals surface area contributed by atoms with Crippen LogP contribution in [0.15, 0.2) is 30.3 Å². The van der Waals surface area contributed by atoms with Crippen molar-refractivity contribution in [1.82, 2.24) is 4.90 Å². The van der Waals surface area contributed by atoms with Gasteiger partial charge in [-0.2, -0.15) is 0 Å². The second kappa shape index (κ2) is 7.13. The third-order valence-electron chi connectivity index (χ3n) is 3.93. The van der Waals surface area contributed by atoms with Crippen molar-refractivity contribution < 1.29 is 9.53 Å². The average molecular weight is 273 g/mol. The number of hydrogen-bond acceptors (Lipinski definition) is 2. The van der Waals surface area contributed by atoms with E-state index in [-0.39, 0.29) is 5.91 Å². The zero-order valence-corrected chi connectivity index (χ0v) is 12.3. The van der Waals surface area contributed by atoms with Crippen molar-refractivity contribution in [2.45, 2.75) is 38.6 Å². The third-order valence-corrected chi connectivity index (χ3v) is 3.93. The van der Waals surface area contributed by atoms with Gasteiger partial charge in [-0.15, -0.1) is 0 Å².